The summed E-state index contributed by atoms with van der Waals surface area (Å²) in [5.41, 5.74) is 0.517. The average Bonchev–Trinajstić information content (AvgIpc) is 3.65. The summed E-state index contributed by atoms with van der Waals surface area (Å²) in [6.45, 7) is 0.395. The van der Waals surface area contributed by atoms with Crippen molar-refractivity contribution in [1.29, 1.82) is 0 Å². The molecule has 4 heterocycles. The van der Waals surface area contributed by atoms with Crippen molar-refractivity contribution in [3.63, 3.8) is 0 Å². The van der Waals surface area contributed by atoms with Gasteiger partial charge >= 0.3 is 6.61 Å². The molecule has 4 atom stereocenters. The number of carbonyl (C=O) groups is 2. The summed E-state index contributed by atoms with van der Waals surface area (Å²) in [7, 11) is 3.37. The quantitative estimate of drug-likeness (QED) is 0.383. The molecule has 6 rings (SSSR count). The van der Waals surface area contributed by atoms with E-state index in [-0.39, 0.29) is 29.2 Å². The van der Waals surface area contributed by atoms with E-state index in [9.17, 15) is 18.4 Å². The molecule has 0 radical (unpaired) electrons. The molecule has 1 unspecified atom stereocenters. The Hall–Kier alpha value is -4.39. The molecule has 2 amide bonds. The number of alkyl halides is 2. The summed E-state index contributed by atoms with van der Waals surface area (Å²) in [6, 6.07) is 9.95. The Balaban J connectivity index is 1.33. The van der Waals surface area contributed by atoms with Gasteiger partial charge in [0.25, 0.3) is 11.8 Å². The lowest BCUT2D eigenvalue weighted by atomic mass is 9.92. The summed E-state index contributed by atoms with van der Waals surface area (Å²) in [5.74, 6) is -3.47. The van der Waals surface area contributed by atoms with Crippen LogP contribution < -0.4 is 24.6 Å². The number of hydrogen-bond donors (Lipinski definition) is 1. The molecule has 3 aliphatic rings. The van der Waals surface area contributed by atoms with Gasteiger partial charge in [-0.25, -0.2) is 13.8 Å². The Bertz CT molecular complexity index is 1560. The smallest absolute Gasteiger partial charge is 0.387 e. The van der Waals surface area contributed by atoms with Gasteiger partial charge in [0.05, 0.1) is 7.11 Å². The van der Waals surface area contributed by atoms with Gasteiger partial charge in [-0.05, 0) is 62.4 Å². The lowest BCUT2D eigenvalue weighted by molar-refractivity contribution is -0.118. The third-order valence-electron chi connectivity index (χ3n) is 8.63. The SMILES string of the molecule is COc1cc(F)c([C@@H]2CN(c3cc(C)cc(N4C[C@@H]5C[C@H]4CN5C)n3)C(=O)C2NC(=O)c2ccc(OC(F)F)cc2)c(F)c1. The minimum absolute atomic E-state index is 0.0350. The summed E-state index contributed by atoms with van der Waals surface area (Å²) in [5, 5.41) is 2.62. The third kappa shape index (κ3) is 5.51. The molecule has 0 saturated carbocycles. The number of ether oxygens (including phenoxy) is 2. The van der Waals surface area contributed by atoms with Gasteiger partial charge in [-0.15, -0.1) is 0 Å². The van der Waals surface area contributed by atoms with E-state index in [2.05, 4.69) is 26.9 Å². The van der Waals surface area contributed by atoms with E-state index >= 15 is 8.78 Å². The van der Waals surface area contributed by atoms with Crippen molar-refractivity contribution < 1.29 is 36.6 Å². The van der Waals surface area contributed by atoms with Crippen LogP contribution in [0.4, 0.5) is 29.2 Å². The molecule has 3 fully saturated rings. The van der Waals surface area contributed by atoms with E-state index < -0.39 is 42.0 Å². The maximum Gasteiger partial charge on any atom is 0.387 e. The number of pyridine rings is 1. The van der Waals surface area contributed by atoms with Crippen LogP contribution >= 0.6 is 0 Å². The van der Waals surface area contributed by atoms with Gasteiger partial charge in [0.1, 0.15) is 40.8 Å². The third-order valence-corrected chi connectivity index (χ3v) is 8.63. The summed E-state index contributed by atoms with van der Waals surface area (Å²) in [4.78, 5) is 37.9. The van der Waals surface area contributed by atoms with Crippen molar-refractivity contribution in [2.45, 2.75) is 44.0 Å². The van der Waals surface area contributed by atoms with Crippen LogP contribution in [0.5, 0.6) is 11.5 Å². The lowest BCUT2D eigenvalue weighted by Gasteiger charge is -2.33. The molecule has 3 saturated heterocycles. The van der Waals surface area contributed by atoms with E-state index in [4.69, 9.17) is 9.72 Å². The Labute approximate surface area is 251 Å². The number of nitrogens with zero attached hydrogens (tertiary/aromatic N) is 4. The molecule has 232 valence electrons. The van der Waals surface area contributed by atoms with Crippen LogP contribution in [-0.2, 0) is 4.79 Å². The molecule has 9 nitrogen and oxygen atoms in total. The van der Waals surface area contributed by atoms with Crippen LogP contribution in [0.1, 0.15) is 33.8 Å². The average molecular weight is 614 g/mol. The maximum atomic E-state index is 15.4. The second-order valence-corrected chi connectivity index (χ2v) is 11.4. The van der Waals surface area contributed by atoms with Crippen LogP contribution in [0, 0.1) is 18.6 Å². The van der Waals surface area contributed by atoms with Crippen molar-refractivity contribution >= 4 is 23.5 Å². The number of likely N-dealkylation sites (N-methyl/N-ethyl adjacent to an activating group) is 1. The van der Waals surface area contributed by atoms with Crippen molar-refractivity contribution in [2.75, 3.05) is 43.6 Å². The number of rotatable bonds is 8. The largest absolute Gasteiger partial charge is 0.497 e. The minimum Gasteiger partial charge on any atom is -0.497 e. The maximum absolute atomic E-state index is 15.4. The van der Waals surface area contributed by atoms with Gasteiger partial charge < -0.3 is 19.7 Å². The number of carbonyl (C=O) groups excluding carboxylic acids is 2. The van der Waals surface area contributed by atoms with Crippen molar-refractivity contribution in [1.82, 2.24) is 15.2 Å². The fourth-order valence-corrected chi connectivity index (χ4v) is 6.47. The van der Waals surface area contributed by atoms with E-state index in [1.807, 2.05) is 13.0 Å². The Morgan fingerprint density at radius 1 is 0.977 bits per heavy atom. The van der Waals surface area contributed by atoms with E-state index in [1.54, 1.807) is 6.07 Å². The highest BCUT2D eigenvalue weighted by atomic mass is 19.3. The van der Waals surface area contributed by atoms with Gasteiger partial charge in [-0.1, -0.05) is 0 Å². The fourth-order valence-electron chi connectivity index (χ4n) is 6.47. The summed E-state index contributed by atoms with van der Waals surface area (Å²) < 4.78 is 65.2. The fraction of sp³-hybridized carbons (Fsp3) is 0.387. The van der Waals surface area contributed by atoms with Gasteiger partial charge in [0.2, 0.25) is 0 Å². The van der Waals surface area contributed by atoms with Gasteiger partial charge in [-0.2, -0.15) is 8.78 Å². The van der Waals surface area contributed by atoms with Crippen LogP contribution in [-0.4, -0.2) is 80.2 Å². The van der Waals surface area contributed by atoms with Crippen molar-refractivity contribution in [3.8, 4) is 11.5 Å². The highest BCUT2D eigenvalue weighted by molar-refractivity contribution is 6.04. The molecule has 0 aliphatic carbocycles. The number of likely N-dealkylation sites (tertiary alicyclic amines) is 1. The minimum atomic E-state index is -3.04. The van der Waals surface area contributed by atoms with Gasteiger partial charge in [0.15, 0.2) is 0 Å². The van der Waals surface area contributed by atoms with Crippen molar-refractivity contribution in [2.24, 2.45) is 0 Å². The first-order chi connectivity index (χ1) is 21.0. The monoisotopic (exact) mass is 613 g/mol. The molecule has 1 N–H and O–H groups in total. The van der Waals surface area contributed by atoms with Crippen LogP contribution in [0.3, 0.4) is 0 Å². The predicted octanol–water partition coefficient (Wildman–Crippen LogP) is 4.10. The zero-order chi connectivity index (χ0) is 31.3. The number of benzene rings is 2. The normalized spacial score (nSPS) is 23.1. The van der Waals surface area contributed by atoms with E-state index in [1.165, 1.54) is 36.3 Å². The highest BCUT2D eigenvalue weighted by Crippen LogP contribution is 2.38. The standard InChI is InChI=1S/C31H31F4N5O4/c1-16-8-25(39-14-18-10-19(39)13-38(18)2)36-26(9-16)40-15-22(27-23(32)11-21(43-3)12-24(27)33)28(30(40)42)37-29(41)17-4-6-20(7-5-17)44-31(34)35/h4-9,11-12,18-19,22,28,31H,10,13-15H2,1-3H3,(H,37,41)/t18-,19-,22-,28?/m0/s1. The Morgan fingerprint density at radius 3 is 2.25 bits per heavy atom. The first kappa shape index (κ1) is 29.7. The number of amides is 2. The van der Waals surface area contributed by atoms with E-state index in [0.29, 0.717) is 23.7 Å². The number of aromatic nitrogens is 1. The number of anilines is 2. The Kier molecular flexibility index (Phi) is 7.82. The number of aryl methyl sites for hydroxylation is 1. The number of nitrogens with one attached hydrogen (secondary N) is 1. The number of methoxy groups -OCH3 is 1. The first-order valence-electron chi connectivity index (χ1n) is 14.2. The molecule has 3 aliphatic heterocycles. The molecule has 1 aromatic heterocycles. The lowest BCUT2D eigenvalue weighted by Crippen LogP contribution is -2.45. The van der Waals surface area contributed by atoms with Gasteiger partial charge in [-0.3, -0.25) is 19.4 Å². The molecule has 0 spiro atoms. The first-order valence-corrected chi connectivity index (χ1v) is 14.2. The van der Waals surface area contributed by atoms with Crippen LogP contribution in [0.2, 0.25) is 0 Å². The topological polar surface area (TPSA) is 87.2 Å². The number of piperazine rings is 1. The highest BCUT2D eigenvalue weighted by Gasteiger charge is 2.46. The van der Waals surface area contributed by atoms with Crippen LogP contribution in [0.15, 0.2) is 48.5 Å². The van der Waals surface area contributed by atoms with Crippen LogP contribution in [0.25, 0.3) is 0 Å². The number of halogens is 4. The van der Waals surface area contributed by atoms with Crippen molar-refractivity contribution in [3.05, 3.63) is 76.9 Å². The Morgan fingerprint density at radius 2 is 1.66 bits per heavy atom. The molecular formula is C31H31F4N5O4. The molecular weight excluding hydrogens is 582 g/mol. The zero-order valence-electron chi connectivity index (χ0n) is 24.3. The van der Waals surface area contributed by atoms with E-state index in [0.717, 1.165) is 37.2 Å². The number of fused-ring (bicyclic) bond motifs is 2. The second-order valence-electron chi connectivity index (χ2n) is 11.4. The molecule has 3 aromatic rings. The predicted molar refractivity (Wildman–Crippen MR) is 153 cm³/mol. The summed E-state index contributed by atoms with van der Waals surface area (Å²) >= 11 is 0. The molecule has 13 heteroatoms. The van der Waals surface area contributed by atoms with Gasteiger partial charge in [0, 0.05) is 60.9 Å². The second kappa shape index (κ2) is 11.6. The molecule has 44 heavy (non-hydrogen) atoms. The zero-order valence-corrected chi connectivity index (χ0v) is 24.3. The molecule has 2 bridgehead atoms. The summed E-state index contributed by atoms with van der Waals surface area (Å²) in [6.07, 6.45) is 1.02. The number of hydrogen-bond acceptors (Lipinski definition) is 7. The molecule has 2 aromatic carbocycles.